The number of carbonyl (C=O) groups excluding carboxylic acids is 1. The van der Waals surface area contributed by atoms with Crippen LogP contribution in [0, 0.1) is 0 Å². The van der Waals surface area contributed by atoms with Crippen LogP contribution in [0.3, 0.4) is 0 Å². The monoisotopic (exact) mass is 272 g/mol. The zero-order chi connectivity index (χ0) is 14.4. The van der Waals surface area contributed by atoms with Crippen molar-refractivity contribution in [1.82, 2.24) is 10.3 Å². The van der Waals surface area contributed by atoms with Gasteiger partial charge in [0, 0.05) is 23.7 Å². The van der Waals surface area contributed by atoms with Gasteiger partial charge in [-0.05, 0) is 18.2 Å². The third-order valence-electron chi connectivity index (χ3n) is 2.79. The molecule has 1 amide bonds. The molecule has 0 fully saturated rings. The van der Waals surface area contributed by atoms with E-state index < -0.39 is 0 Å². The van der Waals surface area contributed by atoms with Crippen LogP contribution in [0.15, 0.2) is 42.5 Å². The summed E-state index contributed by atoms with van der Waals surface area (Å²) in [5.41, 5.74) is 1.41. The molecule has 104 valence electrons. The Hall–Kier alpha value is -2.56. The van der Waals surface area contributed by atoms with Crippen molar-refractivity contribution in [2.75, 3.05) is 14.2 Å². The van der Waals surface area contributed by atoms with Crippen LogP contribution in [0.25, 0.3) is 0 Å². The molecule has 1 aromatic carbocycles. The molecule has 0 aliphatic heterocycles. The molecule has 0 atom stereocenters. The minimum atomic E-state index is -0.136. The van der Waals surface area contributed by atoms with Gasteiger partial charge in [0.15, 0.2) is 0 Å². The Morgan fingerprint density at radius 3 is 2.50 bits per heavy atom. The van der Waals surface area contributed by atoms with Crippen LogP contribution in [0.4, 0.5) is 0 Å². The number of nitrogens with one attached hydrogen (secondary N) is 1. The van der Waals surface area contributed by atoms with E-state index >= 15 is 0 Å². The summed E-state index contributed by atoms with van der Waals surface area (Å²) in [5, 5.41) is 2.83. The van der Waals surface area contributed by atoms with E-state index in [4.69, 9.17) is 9.47 Å². The number of pyridine rings is 1. The number of methoxy groups -OCH3 is 2. The van der Waals surface area contributed by atoms with E-state index in [9.17, 15) is 4.79 Å². The molecule has 1 aromatic heterocycles. The second-order valence-corrected chi connectivity index (χ2v) is 4.07. The van der Waals surface area contributed by atoms with Gasteiger partial charge in [-0.1, -0.05) is 18.2 Å². The first kappa shape index (κ1) is 13.9. The molecule has 0 saturated carbocycles. The maximum absolute atomic E-state index is 11.9. The molecule has 0 saturated heterocycles. The van der Waals surface area contributed by atoms with Crippen LogP contribution in [0.2, 0.25) is 0 Å². The molecule has 2 rings (SSSR count). The number of hydrogen-bond acceptors (Lipinski definition) is 4. The highest BCUT2D eigenvalue weighted by Gasteiger charge is 2.09. The largest absolute Gasteiger partial charge is 0.481 e. The molecule has 5 heteroatoms. The average Bonchev–Trinajstić information content (AvgIpc) is 2.53. The normalized spacial score (nSPS) is 9.90. The summed E-state index contributed by atoms with van der Waals surface area (Å²) in [6, 6.07) is 12.6. The summed E-state index contributed by atoms with van der Waals surface area (Å²) in [6.07, 6.45) is 0. The van der Waals surface area contributed by atoms with Crippen LogP contribution in [-0.2, 0) is 6.54 Å². The summed E-state index contributed by atoms with van der Waals surface area (Å²) >= 11 is 0. The molecule has 0 aliphatic rings. The highest BCUT2D eigenvalue weighted by molar-refractivity contribution is 5.94. The zero-order valence-corrected chi connectivity index (χ0v) is 11.4. The van der Waals surface area contributed by atoms with Crippen molar-refractivity contribution < 1.29 is 14.3 Å². The smallest absolute Gasteiger partial charge is 0.251 e. The van der Waals surface area contributed by atoms with Gasteiger partial charge in [0.2, 0.25) is 11.8 Å². The predicted molar refractivity (Wildman–Crippen MR) is 75.0 cm³/mol. The summed E-state index contributed by atoms with van der Waals surface area (Å²) in [6.45, 7) is 0.341. The molecule has 20 heavy (non-hydrogen) atoms. The van der Waals surface area contributed by atoms with Gasteiger partial charge in [-0.2, -0.15) is 4.98 Å². The first-order valence-electron chi connectivity index (χ1n) is 6.15. The lowest BCUT2D eigenvalue weighted by Crippen LogP contribution is -2.23. The van der Waals surface area contributed by atoms with Gasteiger partial charge >= 0.3 is 0 Å². The Bertz CT molecular complexity index is 585. The van der Waals surface area contributed by atoms with Crippen molar-refractivity contribution in [3.63, 3.8) is 0 Å². The van der Waals surface area contributed by atoms with E-state index in [0.29, 0.717) is 23.9 Å². The highest BCUT2D eigenvalue weighted by Crippen LogP contribution is 2.19. The summed E-state index contributed by atoms with van der Waals surface area (Å²) in [5.74, 6) is 0.779. The van der Waals surface area contributed by atoms with Crippen molar-refractivity contribution in [3.8, 4) is 11.8 Å². The van der Waals surface area contributed by atoms with Gasteiger partial charge in [-0.15, -0.1) is 0 Å². The van der Waals surface area contributed by atoms with Crippen molar-refractivity contribution >= 4 is 5.91 Å². The number of ether oxygens (including phenoxy) is 2. The molecule has 5 nitrogen and oxygen atoms in total. The molecule has 0 aliphatic carbocycles. The van der Waals surface area contributed by atoms with Crippen molar-refractivity contribution in [2.45, 2.75) is 6.54 Å². The maximum Gasteiger partial charge on any atom is 0.251 e. The molecule has 0 spiro atoms. The quantitative estimate of drug-likeness (QED) is 0.904. The highest BCUT2D eigenvalue weighted by atomic mass is 16.5. The minimum Gasteiger partial charge on any atom is -0.481 e. The van der Waals surface area contributed by atoms with E-state index in [1.807, 2.05) is 24.3 Å². The fourth-order valence-corrected chi connectivity index (χ4v) is 1.74. The third kappa shape index (κ3) is 3.26. The van der Waals surface area contributed by atoms with E-state index in [1.165, 1.54) is 7.11 Å². The lowest BCUT2D eigenvalue weighted by Gasteiger charge is -2.10. The Kier molecular flexibility index (Phi) is 4.55. The van der Waals surface area contributed by atoms with Crippen LogP contribution >= 0.6 is 0 Å². The number of aromatic nitrogens is 1. The summed E-state index contributed by atoms with van der Waals surface area (Å²) in [4.78, 5) is 16.1. The molecule has 0 radical (unpaired) electrons. The van der Waals surface area contributed by atoms with Gasteiger partial charge in [0.1, 0.15) is 0 Å². The van der Waals surface area contributed by atoms with Gasteiger partial charge in [0.25, 0.3) is 5.91 Å². The van der Waals surface area contributed by atoms with Gasteiger partial charge in [0.05, 0.1) is 14.2 Å². The first-order valence-corrected chi connectivity index (χ1v) is 6.15. The average molecular weight is 272 g/mol. The first-order chi connectivity index (χ1) is 9.74. The standard InChI is InChI=1S/C15H16N2O3/c1-19-13-9-8-12(15(17-13)20-2)10-16-14(18)11-6-4-3-5-7-11/h3-9H,10H2,1-2H3,(H,16,18). The van der Waals surface area contributed by atoms with Crippen molar-refractivity contribution in [2.24, 2.45) is 0 Å². The Morgan fingerprint density at radius 1 is 1.10 bits per heavy atom. The van der Waals surface area contributed by atoms with E-state index in [2.05, 4.69) is 10.3 Å². The van der Waals surface area contributed by atoms with Crippen LogP contribution in [0.1, 0.15) is 15.9 Å². The minimum absolute atomic E-state index is 0.136. The molecule has 1 heterocycles. The second kappa shape index (κ2) is 6.56. The number of hydrogen-bond donors (Lipinski definition) is 1. The van der Waals surface area contributed by atoms with Gasteiger partial charge in [-0.25, -0.2) is 0 Å². The van der Waals surface area contributed by atoms with Crippen LogP contribution < -0.4 is 14.8 Å². The summed E-state index contributed by atoms with van der Waals surface area (Å²) in [7, 11) is 3.07. The molecule has 0 bridgehead atoms. The molecule has 0 unspecified atom stereocenters. The SMILES string of the molecule is COc1ccc(CNC(=O)c2ccccc2)c(OC)n1. The Balaban J connectivity index is 2.05. The Labute approximate surface area is 117 Å². The Morgan fingerprint density at radius 2 is 1.85 bits per heavy atom. The van der Waals surface area contributed by atoms with Gasteiger partial charge < -0.3 is 14.8 Å². The maximum atomic E-state index is 11.9. The molecular weight excluding hydrogens is 256 g/mol. The second-order valence-electron chi connectivity index (χ2n) is 4.07. The summed E-state index contributed by atoms with van der Waals surface area (Å²) < 4.78 is 10.2. The van der Waals surface area contributed by atoms with Gasteiger partial charge in [-0.3, -0.25) is 4.79 Å². The fraction of sp³-hybridized carbons (Fsp3) is 0.200. The third-order valence-corrected chi connectivity index (χ3v) is 2.79. The number of nitrogens with zero attached hydrogens (tertiary/aromatic N) is 1. The zero-order valence-electron chi connectivity index (χ0n) is 11.4. The molecular formula is C15H16N2O3. The topological polar surface area (TPSA) is 60.5 Å². The van der Waals surface area contributed by atoms with Crippen LogP contribution in [-0.4, -0.2) is 25.1 Å². The van der Waals surface area contributed by atoms with E-state index in [-0.39, 0.29) is 5.91 Å². The van der Waals surface area contributed by atoms with E-state index in [0.717, 1.165) is 5.56 Å². The predicted octanol–water partition coefficient (Wildman–Crippen LogP) is 2.03. The van der Waals surface area contributed by atoms with Crippen molar-refractivity contribution in [3.05, 3.63) is 53.6 Å². The number of carbonyl (C=O) groups is 1. The molecule has 1 N–H and O–H groups in total. The van der Waals surface area contributed by atoms with Crippen LogP contribution in [0.5, 0.6) is 11.8 Å². The van der Waals surface area contributed by atoms with E-state index in [1.54, 1.807) is 25.3 Å². The number of benzene rings is 1. The lowest BCUT2D eigenvalue weighted by atomic mass is 10.2. The fourth-order valence-electron chi connectivity index (χ4n) is 1.74. The number of rotatable bonds is 5. The van der Waals surface area contributed by atoms with Crippen molar-refractivity contribution in [1.29, 1.82) is 0 Å². The lowest BCUT2D eigenvalue weighted by molar-refractivity contribution is 0.0950. The molecule has 2 aromatic rings. The number of amides is 1.